The van der Waals surface area contributed by atoms with E-state index in [0.29, 0.717) is 0 Å². The third-order valence-corrected chi connectivity index (χ3v) is 2.92. The molecule has 0 aliphatic carbocycles. The molecule has 18 heavy (non-hydrogen) atoms. The van der Waals surface area contributed by atoms with Gasteiger partial charge in [-0.2, -0.15) is 0 Å². The lowest BCUT2D eigenvalue weighted by Gasteiger charge is -2.10. The molecule has 2 nitrogen and oxygen atoms in total. The van der Waals surface area contributed by atoms with Gasteiger partial charge in [0, 0.05) is 22.3 Å². The average Bonchev–Trinajstić information content (AvgIpc) is 2.25. The van der Waals surface area contributed by atoms with Gasteiger partial charge < -0.3 is 10.5 Å². The molecule has 0 saturated carbocycles. The second-order valence-electron chi connectivity index (χ2n) is 3.49. The monoisotopic (exact) mass is 333 g/mol. The number of rotatable bonds is 2. The number of ether oxygens (including phenoxy) is 1. The van der Waals surface area contributed by atoms with Crippen molar-refractivity contribution in [2.75, 3.05) is 5.73 Å². The molecule has 0 amide bonds. The number of halogens is 4. The van der Waals surface area contributed by atoms with Crippen LogP contribution in [0.3, 0.4) is 0 Å². The quantitative estimate of drug-likeness (QED) is 0.804. The molecular weight excluding hydrogens is 327 g/mol. The van der Waals surface area contributed by atoms with Crippen LogP contribution in [0.5, 0.6) is 11.5 Å². The maximum atomic E-state index is 13.5. The van der Waals surface area contributed by atoms with Gasteiger partial charge in [0.1, 0.15) is 5.75 Å². The first kappa shape index (κ1) is 13.1. The van der Waals surface area contributed by atoms with Crippen LogP contribution in [0.2, 0.25) is 5.02 Å². The lowest BCUT2D eigenvalue weighted by molar-refractivity contribution is 0.408. The van der Waals surface area contributed by atoms with Crippen molar-refractivity contribution < 1.29 is 13.5 Å². The summed E-state index contributed by atoms with van der Waals surface area (Å²) in [6, 6.07) is 6.66. The van der Waals surface area contributed by atoms with Gasteiger partial charge in [-0.05, 0) is 18.2 Å². The Labute approximate surface area is 115 Å². The van der Waals surface area contributed by atoms with E-state index in [1.54, 1.807) is 12.1 Å². The van der Waals surface area contributed by atoms with Gasteiger partial charge in [0.2, 0.25) is 0 Å². The molecule has 2 aromatic carbocycles. The van der Waals surface area contributed by atoms with Crippen LogP contribution in [0.1, 0.15) is 0 Å². The first-order valence-corrected chi connectivity index (χ1v) is 6.02. The summed E-state index contributed by atoms with van der Waals surface area (Å²) in [5.74, 6) is -2.14. The van der Waals surface area contributed by atoms with E-state index in [0.717, 1.165) is 16.6 Å². The first-order chi connectivity index (χ1) is 8.47. The molecular formula is C12H7BrClF2NO. The molecule has 0 fully saturated rings. The topological polar surface area (TPSA) is 35.2 Å². The predicted octanol–water partition coefficient (Wildman–Crippen LogP) is 4.76. The number of benzene rings is 2. The Bertz CT molecular complexity index is 584. The van der Waals surface area contributed by atoms with Gasteiger partial charge in [0.05, 0.1) is 5.02 Å². The number of nitrogen functional groups attached to an aromatic ring is 1. The predicted molar refractivity (Wildman–Crippen MR) is 70.0 cm³/mol. The van der Waals surface area contributed by atoms with E-state index in [-0.39, 0.29) is 16.5 Å². The molecule has 0 saturated heterocycles. The number of hydrogen-bond donors (Lipinski definition) is 1. The summed E-state index contributed by atoms with van der Waals surface area (Å²) in [5, 5.41) is 0.236. The second-order valence-corrected chi connectivity index (χ2v) is 4.81. The van der Waals surface area contributed by atoms with E-state index in [1.165, 1.54) is 6.07 Å². The fourth-order valence-electron chi connectivity index (χ4n) is 1.34. The van der Waals surface area contributed by atoms with Crippen LogP contribution in [-0.4, -0.2) is 0 Å². The molecule has 0 bridgehead atoms. The molecule has 0 unspecified atom stereocenters. The molecule has 2 N–H and O–H groups in total. The average molecular weight is 335 g/mol. The summed E-state index contributed by atoms with van der Waals surface area (Å²) in [4.78, 5) is 0. The van der Waals surface area contributed by atoms with Gasteiger partial charge >= 0.3 is 0 Å². The Balaban J connectivity index is 2.40. The van der Waals surface area contributed by atoms with Crippen LogP contribution >= 0.6 is 27.5 Å². The highest BCUT2D eigenvalue weighted by Gasteiger charge is 2.14. The van der Waals surface area contributed by atoms with Crippen LogP contribution in [-0.2, 0) is 0 Å². The normalized spacial score (nSPS) is 10.4. The summed E-state index contributed by atoms with van der Waals surface area (Å²) in [6.07, 6.45) is 0. The minimum absolute atomic E-state index is 0.0146. The third kappa shape index (κ3) is 2.73. The molecule has 2 rings (SSSR count). The van der Waals surface area contributed by atoms with Crippen molar-refractivity contribution in [1.82, 2.24) is 0 Å². The Kier molecular flexibility index (Phi) is 3.73. The summed E-state index contributed by atoms with van der Waals surface area (Å²) < 4.78 is 32.9. The first-order valence-electron chi connectivity index (χ1n) is 4.85. The molecule has 0 heterocycles. The highest BCUT2D eigenvalue weighted by Crippen LogP contribution is 2.34. The molecule has 0 aliphatic heterocycles. The fraction of sp³-hybridized carbons (Fsp3) is 0. The van der Waals surface area contributed by atoms with E-state index in [4.69, 9.17) is 22.1 Å². The van der Waals surface area contributed by atoms with Crippen LogP contribution in [0.15, 0.2) is 34.8 Å². The molecule has 0 radical (unpaired) electrons. The van der Waals surface area contributed by atoms with Crippen LogP contribution < -0.4 is 10.5 Å². The molecule has 6 heteroatoms. The summed E-state index contributed by atoms with van der Waals surface area (Å²) in [7, 11) is 0. The molecule has 0 spiro atoms. The molecule has 94 valence electrons. The van der Waals surface area contributed by atoms with Gasteiger partial charge in [-0.3, -0.25) is 0 Å². The summed E-state index contributed by atoms with van der Waals surface area (Å²) >= 11 is 9.11. The van der Waals surface area contributed by atoms with Crippen molar-refractivity contribution in [1.29, 1.82) is 0 Å². The summed E-state index contributed by atoms with van der Waals surface area (Å²) in [5.41, 5.74) is 5.29. The molecule has 2 aromatic rings. The zero-order valence-electron chi connectivity index (χ0n) is 8.88. The van der Waals surface area contributed by atoms with Gasteiger partial charge in [-0.15, -0.1) is 0 Å². The van der Waals surface area contributed by atoms with E-state index in [9.17, 15) is 8.78 Å². The van der Waals surface area contributed by atoms with Crippen molar-refractivity contribution in [2.45, 2.75) is 0 Å². The number of nitrogens with two attached hydrogens (primary N) is 1. The molecule has 0 aromatic heterocycles. The third-order valence-electron chi connectivity index (χ3n) is 2.13. The van der Waals surface area contributed by atoms with Crippen LogP contribution in [0.25, 0.3) is 0 Å². The minimum Gasteiger partial charge on any atom is -0.450 e. The number of anilines is 1. The Morgan fingerprint density at radius 1 is 1.11 bits per heavy atom. The van der Waals surface area contributed by atoms with Crippen molar-refractivity contribution in [2.24, 2.45) is 0 Å². The zero-order chi connectivity index (χ0) is 13.3. The maximum Gasteiger partial charge on any atom is 0.198 e. The maximum absolute atomic E-state index is 13.5. The SMILES string of the molecule is Nc1cc(F)c(Oc2ccc(Br)cc2Cl)c(F)c1. The summed E-state index contributed by atoms with van der Waals surface area (Å²) in [6.45, 7) is 0. The fourth-order valence-corrected chi connectivity index (χ4v) is 2.06. The van der Waals surface area contributed by atoms with Gasteiger partial charge in [0.25, 0.3) is 0 Å². The van der Waals surface area contributed by atoms with E-state index < -0.39 is 17.4 Å². The van der Waals surface area contributed by atoms with E-state index in [1.807, 2.05) is 0 Å². The van der Waals surface area contributed by atoms with Crippen molar-refractivity contribution >= 4 is 33.2 Å². The highest BCUT2D eigenvalue weighted by atomic mass is 79.9. The lowest BCUT2D eigenvalue weighted by atomic mass is 10.2. The highest BCUT2D eigenvalue weighted by molar-refractivity contribution is 9.10. The molecule has 0 atom stereocenters. The Morgan fingerprint density at radius 2 is 1.72 bits per heavy atom. The van der Waals surface area contributed by atoms with Crippen LogP contribution in [0, 0.1) is 11.6 Å². The lowest BCUT2D eigenvalue weighted by Crippen LogP contribution is -1.96. The van der Waals surface area contributed by atoms with Crippen LogP contribution in [0.4, 0.5) is 14.5 Å². The van der Waals surface area contributed by atoms with Gasteiger partial charge in [0.15, 0.2) is 17.4 Å². The smallest absolute Gasteiger partial charge is 0.198 e. The minimum atomic E-state index is -0.883. The standard InChI is InChI=1S/C12H7BrClF2NO/c13-6-1-2-11(8(14)3-6)18-12-9(15)4-7(17)5-10(12)16/h1-5H,17H2. The Hall–Kier alpha value is -1.33. The van der Waals surface area contributed by atoms with Crippen molar-refractivity contribution in [3.63, 3.8) is 0 Å². The van der Waals surface area contributed by atoms with Gasteiger partial charge in [-0.1, -0.05) is 27.5 Å². The van der Waals surface area contributed by atoms with Crippen molar-refractivity contribution in [3.8, 4) is 11.5 Å². The zero-order valence-corrected chi connectivity index (χ0v) is 11.2. The van der Waals surface area contributed by atoms with E-state index >= 15 is 0 Å². The Morgan fingerprint density at radius 3 is 2.28 bits per heavy atom. The largest absolute Gasteiger partial charge is 0.450 e. The van der Waals surface area contributed by atoms with E-state index in [2.05, 4.69) is 15.9 Å². The number of hydrogen-bond acceptors (Lipinski definition) is 2. The second kappa shape index (κ2) is 5.12. The van der Waals surface area contributed by atoms with Crippen molar-refractivity contribution in [3.05, 3.63) is 51.5 Å². The van der Waals surface area contributed by atoms with Gasteiger partial charge in [-0.25, -0.2) is 8.78 Å². The molecule has 0 aliphatic rings.